The number of aliphatic hydroxyl groups excluding tert-OH is 1. The van der Waals surface area contributed by atoms with Crippen LogP contribution in [-0.2, 0) is 16.2 Å². The van der Waals surface area contributed by atoms with E-state index >= 15 is 0 Å². The maximum atomic E-state index is 12.5. The third kappa shape index (κ3) is 4.61. The second kappa shape index (κ2) is 6.67. The van der Waals surface area contributed by atoms with Gasteiger partial charge in [-0.2, -0.15) is 17.5 Å². The van der Waals surface area contributed by atoms with Crippen LogP contribution in [0.5, 0.6) is 0 Å². The number of rotatable bonds is 6. The molecular weight excluding hydrogens is 321 g/mol. The van der Waals surface area contributed by atoms with Crippen LogP contribution in [0.15, 0.2) is 29.2 Å². The van der Waals surface area contributed by atoms with Crippen molar-refractivity contribution in [2.24, 2.45) is 0 Å². The van der Waals surface area contributed by atoms with Gasteiger partial charge in [0.15, 0.2) is 0 Å². The Morgan fingerprint density at radius 2 is 1.86 bits per heavy atom. The van der Waals surface area contributed by atoms with Gasteiger partial charge in [0.2, 0.25) is 10.0 Å². The molecule has 4 nitrogen and oxygen atoms in total. The summed E-state index contributed by atoms with van der Waals surface area (Å²) in [6.45, 7) is -2.58. The minimum Gasteiger partial charge on any atom is -0.395 e. The van der Waals surface area contributed by atoms with Crippen LogP contribution in [0.4, 0.5) is 22.0 Å². The number of hydrogen-bond donors (Lipinski definition) is 1. The number of sulfonamides is 1. The first-order valence-electron chi connectivity index (χ1n) is 5.65. The molecule has 0 aliphatic rings. The minimum absolute atomic E-state index is 0.243. The molecule has 0 saturated carbocycles. The molecule has 0 heterocycles. The summed E-state index contributed by atoms with van der Waals surface area (Å²) in [4.78, 5) is -0.758. The van der Waals surface area contributed by atoms with E-state index in [0.29, 0.717) is 12.1 Å². The van der Waals surface area contributed by atoms with E-state index in [1.165, 1.54) is 0 Å². The lowest BCUT2D eigenvalue weighted by molar-refractivity contribution is -0.137. The quantitative estimate of drug-likeness (QED) is 0.810. The van der Waals surface area contributed by atoms with Gasteiger partial charge in [-0.1, -0.05) is 6.07 Å². The average molecular weight is 333 g/mol. The summed E-state index contributed by atoms with van der Waals surface area (Å²) in [7, 11) is -4.55. The maximum absolute atomic E-state index is 12.5. The molecule has 0 radical (unpaired) electrons. The Hall–Kier alpha value is -1.26. The lowest BCUT2D eigenvalue weighted by atomic mass is 10.2. The fraction of sp³-hybridized carbons (Fsp3) is 0.455. The van der Waals surface area contributed by atoms with Crippen LogP contribution >= 0.6 is 0 Å². The second-order valence-corrected chi connectivity index (χ2v) is 5.94. The predicted octanol–water partition coefficient (Wildman–Crippen LogP) is 1.95. The van der Waals surface area contributed by atoms with Crippen molar-refractivity contribution in [3.8, 4) is 0 Å². The van der Waals surface area contributed by atoms with Gasteiger partial charge in [-0.3, -0.25) is 0 Å². The molecule has 0 atom stereocenters. The molecule has 10 heteroatoms. The zero-order chi connectivity index (χ0) is 16.3. The van der Waals surface area contributed by atoms with E-state index in [2.05, 4.69) is 0 Å². The molecule has 0 spiro atoms. The van der Waals surface area contributed by atoms with Gasteiger partial charge in [-0.05, 0) is 18.2 Å². The fourth-order valence-electron chi connectivity index (χ4n) is 1.56. The van der Waals surface area contributed by atoms with Gasteiger partial charge in [0.25, 0.3) is 6.43 Å². The predicted molar refractivity (Wildman–Crippen MR) is 63.3 cm³/mol. The van der Waals surface area contributed by atoms with Gasteiger partial charge in [-0.15, -0.1) is 0 Å². The highest BCUT2D eigenvalue weighted by Gasteiger charge is 2.33. The Kier molecular flexibility index (Phi) is 5.65. The smallest absolute Gasteiger partial charge is 0.395 e. The van der Waals surface area contributed by atoms with Crippen LogP contribution in [0.3, 0.4) is 0 Å². The van der Waals surface area contributed by atoms with E-state index < -0.39 is 52.8 Å². The van der Waals surface area contributed by atoms with E-state index in [1.807, 2.05) is 0 Å². The van der Waals surface area contributed by atoms with Crippen LogP contribution in [0.1, 0.15) is 5.56 Å². The summed E-state index contributed by atoms with van der Waals surface area (Å²) >= 11 is 0. The molecule has 0 fully saturated rings. The Morgan fingerprint density at radius 3 is 2.33 bits per heavy atom. The Bertz CT molecular complexity index is 573. The Balaban J connectivity index is 3.22. The van der Waals surface area contributed by atoms with E-state index in [-0.39, 0.29) is 4.31 Å². The highest BCUT2D eigenvalue weighted by Crippen LogP contribution is 2.31. The molecule has 1 rings (SSSR count). The van der Waals surface area contributed by atoms with Gasteiger partial charge < -0.3 is 5.11 Å². The van der Waals surface area contributed by atoms with Gasteiger partial charge in [-0.25, -0.2) is 17.2 Å². The monoisotopic (exact) mass is 333 g/mol. The molecule has 0 aliphatic heterocycles. The maximum Gasteiger partial charge on any atom is 0.416 e. The number of hydrogen-bond acceptors (Lipinski definition) is 3. The van der Waals surface area contributed by atoms with Crippen LogP contribution in [-0.4, -0.2) is 44.0 Å². The first-order chi connectivity index (χ1) is 9.59. The molecule has 0 saturated heterocycles. The van der Waals surface area contributed by atoms with E-state index in [4.69, 9.17) is 5.11 Å². The summed E-state index contributed by atoms with van der Waals surface area (Å²) in [5.41, 5.74) is -1.20. The average Bonchev–Trinajstić information content (AvgIpc) is 2.37. The first kappa shape index (κ1) is 17.8. The van der Waals surface area contributed by atoms with Crippen LogP contribution in [0.25, 0.3) is 0 Å². The van der Waals surface area contributed by atoms with Crippen molar-refractivity contribution in [2.75, 3.05) is 19.7 Å². The molecule has 1 N–H and O–H groups in total. The molecule has 1 aromatic rings. The van der Waals surface area contributed by atoms with Crippen molar-refractivity contribution in [3.05, 3.63) is 29.8 Å². The molecular formula is C11H12F5NO3S. The summed E-state index contributed by atoms with van der Waals surface area (Å²) < 4.78 is 86.7. The summed E-state index contributed by atoms with van der Waals surface area (Å²) in [5, 5.41) is 8.71. The van der Waals surface area contributed by atoms with Gasteiger partial charge >= 0.3 is 6.18 Å². The molecule has 1 aromatic carbocycles. The fourth-order valence-corrected chi connectivity index (χ4v) is 3.01. The van der Waals surface area contributed by atoms with Crippen molar-refractivity contribution in [2.45, 2.75) is 17.5 Å². The SMILES string of the molecule is O=S(=O)(c1cccc(C(F)(F)F)c1)N(CCO)CC(F)F. The van der Waals surface area contributed by atoms with Crippen LogP contribution in [0, 0.1) is 0 Å². The zero-order valence-electron chi connectivity index (χ0n) is 10.5. The highest BCUT2D eigenvalue weighted by atomic mass is 32.2. The second-order valence-electron chi connectivity index (χ2n) is 4.00. The van der Waals surface area contributed by atoms with Crippen LogP contribution < -0.4 is 0 Å². The third-order valence-electron chi connectivity index (χ3n) is 2.49. The van der Waals surface area contributed by atoms with Crippen molar-refractivity contribution in [3.63, 3.8) is 0 Å². The number of halogens is 5. The highest BCUT2D eigenvalue weighted by molar-refractivity contribution is 7.89. The molecule has 120 valence electrons. The molecule has 0 aromatic heterocycles. The Morgan fingerprint density at radius 1 is 1.24 bits per heavy atom. The van der Waals surface area contributed by atoms with Gasteiger partial charge in [0.1, 0.15) is 0 Å². The third-order valence-corrected chi connectivity index (χ3v) is 4.35. The number of nitrogens with zero attached hydrogens (tertiary/aromatic N) is 1. The molecule has 0 amide bonds. The lowest BCUT2D eigenvalue weighted by Gasteiger charge is -2.21. The van der Waals surface area contributed by atoms with Gasteiger partial charge in [0, 0.05) is 6.54 Å². The number of aliphatic hydroxyl groups is 1. The van der Waals surface area contributed by atoms with Crippen LogP contribution in [0.2, 0.25) is 0 Å². The normalized spacial score (nSPS) is 13.1. The van der Waals surface area contributed by atoms with E-state index in [0.717, 1.165) is 12.1 Å². The number of alkyl halides is 5. The molecule has 21 heavy (non-hydrogen) atoms. The standard InChI is InChI=1S/C11H12F5NO3S/c12-10(13)7-17(4-5-18)21(19,20)9-3-1-2-8(6-9)11(14,15)16/h1-3,6,10,18H,4-5,7H2. The van der Waals surface area contributed by atoms with E-state index in [1.54, 1.807) is 0 Å². The van der Waals surface area contributed by atoms with Crippen molar-refractivity contribution < 1.29 is 35.5 Å². The summed E-state index contributed by atoms with van der Waals surface area (Å²) in [6.07, 6.45) is -7.77. The largest absolute Gasteiger partial charge is 0.416 e. The first-order valence-corrected chi connectivity index (χ1v) is 7.09. The number of benzene rings is 1. The summed E-state index contributed by atoms with van der Waals surface area (Å²) in [5.74, 6) is 0. The van der Waals surface area contributed by atoms with Crippen molar-refractivity contribution in [1.29, 1.82) is 0 Å². The van der Waals surface area contributed by atoms with Crippen molar-refractivity contribution in [1.82, 2.24) is 4.31 Å². The van der Waals surface area contributed by atoms with Crippen molar-refractivity contribution >= 4 is 10.0 Å². The zero-order valence-corrected chi connectivity index (χ0v) is 11.3. The lowest BCUT2D eigenvalue weighted by Crippen LogP contribution is -2.37. The summed E-state index contributed by atoms with van der Waals surface area (Å²) in [6, 6.07) is 2.78. The topological polar surface area (TPSA) is 57.6 Å². The van der Waals surface area contributed by atoms with Gasteiger partial charge in [0.05, 0.1) is 23.6 Å². The molecule has 0 unspecified atom stereocenters. The molecule has 0 aliphatic carbocycles. The van der Waals surface area contributed by atoms with E-state index in [9.17, 15) is 30.4 Å². The molecule has 0 bridgehead atoms. The minimum atomic E-state index is -4.75. The Labute approximate surface area is 117 Å².